The molecule has 2 aliphatic rings. The number of carbonyl (C=O) groups excluding carboxylic acids is 1. The maximum Gasteiger partial charge on any atom is 0.410 e. The molecule has 1 N–H and O–H groups in total. The third-order valence-corrected chi connectivity index (χ3v) is 4.10. The molecule has 1 amide bonds. The van der Waals surface area contributed by atoms with Gasteiger partial charge in [-0.2, -0.15) is 5.10 Å². The molecule has 1 saturated heterocycles. The van der Waals surface area contributed by atoms with Crippen LogP contribution in [-0.4, -0.2) is 50.5 Å². The number of ether oxygens (including phenoxy) is 1. The van der Waals surface area contributed by atoms with Crippen LogP contribution in [0.25, 0.3) is 0 Å². The Balaban J connectivity index is 1.55. The average Bonchev–Trinajstić information content (AvgIpc) is 3.05. The first-order valence-corrected chi connectivity index (χ1v) is 8.04. The number of fused-ring (bicyclic) bond motifs is 1. The van der Waals surface area contributed by atoms with Crippen LogP contribution < -0.4 is 5.32 Å². The minimum atomic E-state index is -0.442. The monoisotopic (exact) mass is 307 g/mol. The number of aromatic nitrogens is 3. The molecule has 0 radical (unpaired) electrons. The van der Waals surface area contributed by atoms with Crippen molar-refractivity contribution in [3.63, 3.8) is 0 Å². The van der Waals surface area contributed by atoms with Gasteiger partial charge in [-0.05, 0) is 40.0 Å². The molecule has 0 aromatic carbocycles. The second kappa shape index (κ2) is 5.87. The van der Waals surface area contributed by atoms with Crippen LogP contribution in [0.4, 0.5) is 4.79 Å². The Morgan fingerprint density at radius 3 is 2.95 bits per heavy atom. The summed E-state index contributed by atoms with van der Waals surface area (Å²) >= 11 is 0. The molecule has 3 rings (SSSR count). The second-order valence-corrected chi connectivity index (χ2v) is 7.11. The fourth-order valence-electron chi connectivity index (χ4n) is 3.12. The van der Waals surface area contributed by atoms with Crippen molar-refractivity contribution in [2.45, 2.75) is 64.3 Å². The molecule has 0 saturated carbocycles. The van der Waals surface area contributed by atoms with E-state index in [4.69, 9.17) is 4.74 Å². The Kier molecular flexibility index (Phi) is 4.08. The topological polar surface area (TPSA) is 72.3 Å². The van der Waals surface area contributed by atoms with Crippen LogP contribution in [0.1, 0.15) is 51.9 Å². The summed E-state index contributed by atoms with van der Waals surface area (Å²) in [5, 5.41) is 7.88. The summed E-state index contributed by atoms with van der Waals surface area (Å²) in [6.07, 6.45) is 4.53. The summed E-state index contributed by atoms with van der Waals surface area (Å²) in [6.45, 7) is 8.07. The van der Waals surface area contributed by atoms with E-state index in [9.17, 15) is 4.79 Å². The number of hydrogen-bond donors (Lipinski definition) is 1. The first-order valence-electron chi connectivity index (χ1n) is 8.04. The molecular weight excluding hydrogens is 282 g/mol. The standard InChI is InChI=1S/C15H25N5O2/c1-15(2,3)22-14(21)19-8-6-11(9-19)18-12-5-4-7-20-13(12)16-10-17-20/h10-12,18H,4-9H2,1-3H3/t11-,12+/m1/s1. The van der Waals surface area contributed by atoms with Gasteiger partial charge in [0.05, 0.1) is 6.04 Å². The fraction of sp³-hybridized carbons (Fsp3) is 0.800. The normalized spacial score (nSPS) is 25.1. The van der Waals surface area contributed by atoms with Crippen molar-refractivity contribution in [2.75, 3.05) is 13.1 Å². The minimum absolute atomic E-state index is 0.219. The molecular formula is C15H25N5O2. The average molecular weight is 307 g/mol. The Morgan fingerprint density at radius 2 is 2.18 bits per heavy atom. The van der Waals surface area contributed by atoms with Crippen molar-refractivity contribution in [3.05, 3.63) is 12.2 Å². The molecule has 0 bridgehead atoms. The number of aryl methyl sites for hydroxylation is 1. The highest BCUT2D eigenvalue weighted by Crippen LogP contribution is 2.24. The van der Waals surface area contributed by atoms with Gasteiger partial charge in [0.2, 0.25) is 0 Å². The number of nitrogens with zero attached hydrogens (tertiary/aromatic N) is 4. The molecule has 122 valence electrons. The van der Waals surface area contributed by atoms with Crippen LogP contribution in [0, 0.1) is 0 Å². The van der Waals surface area contributed by atoms with Gasteiger partial charge in [-0.15, -0.1) is 0 Å². The third-order valence-electron chi connectivity index (χ3n) is 4.10. The predicted molar refractivity (Wildman–Crippen MR) is 81.3 cm³/mol. The predicted octanol–water partition coefficient (Wildman–Crippen LogP) is 1.71. The number of likely N-dealkylation sites (tertiary alicyclic amines) is 1. The summed E-state index contributed by atoms with van der Waals surface area (Å²) in [5.74, 6) is 1.02. The molecule has 1 aromatic heterocycles. The maximum absolute atomic E-state index is 12.1. The first kappa shape index (κ1) is 15.3. The lowest BCUT2D eigenvalue weighted by Crippen LogP contribution is -2.40. The lowest BCUT2D eigenvalue weighted by Gasteiger charge is -2.27. The van der Waals surface area contributed by atoms with Crippen molar-refractivity contribution in [2.24, 2.45) is 0 Å². The van der Waals surface area contributed by atoms with E-state index in [0.29, 0.717) is 12.6 Å². The van der Waals surface area contributed by atoms with Gasteiger partial charge in [0, 0.05) is 25.7 Å². The summed E-state index contributed by atoms with van der Waals surface area (Å²) in [5.41, 5.74) is -0.442. The van der Waals surface area contributed by atoms with Crippen LogP contribution in [0.3, 0.4) is 0 Å². The number of hydrogen-bond acceptors (Lipinski definition) is 5. The van der Waals surface area contributed by atoms with Crippen LogP contribution in [0.2, 0.25) is 0 Å². The van der Waals surface area contributed by atoms with Gasteiger partial charge in [-0.3, -0.25) is 0 Å². The number of carbonyl (C=O) groups is 1. The molecule has 1 aromatic rings. The molecule has 0 spiro atoms. The van der Waals surface area contributed by atoms with Gasteiger partial charge in [-0.25, -0.2) is 14.5 Å². The second-order valence-electron chi connectivity index (χ2n) is 7.11. The third kappa shape index (κ3) is 3.40. The molecule has 0 aliphatic carbocycles. The highest BCUT2D eigenvalue weighted by atomic mass is 16.6. The summed E-state index contributed by atoms with van der Waals surface area (Å²) in [4.78, 5) is 18.3. The van der Waals surface area contributed by atoms with Crippen molar-refractivity contribution in [3.8, 4) is 0 Å². The van der Waals surface area contributed by atoms with Gasteiger partial charge in [0.15, 0.2) is 0 Å². The van der Waals surface area contributed by atoms with Crippen molar-refractivity contribution < 1.29 is 9.53 Å². The molecule has 7 nitrogen and oxygen atoms in total. The summed E-state index contributed by atoms with van der Waals surface area (Å²) < 4.78 is 7.41. The van der Waals surface area contributed by atoms with E-state index in [1.165, 1.54) is 0 Å². The van der Waals surface area contributed by atoms with Crippen LogP contribution in [0.15, 0.2) is 6.33 Å². The van der Waals surface area contributed by atoms with Gasteiger partial charge in [0.25, 0.3) is 0 Å². The van der Waals surface area contributed by atoms with Crippen LogP contribution >= 0.6 is 0 Å². The molecule has 1 fully saturated rings. The zero-order valence-corrected chi connectivity index (χ0v) is 13.6. The Labute approximate surface area is 131 Å². The Hall–Kier alpha value is -1.63. The van der Waals surface area contributed by atoms with Gasteiger partial charge in [0.1, 0.15) is 17.8 Å². The smallest absolute Gasteiger partial charge is 0.410 e. The van der Waals surface area contributed by atoms with Gasteiger partial charge < -0.3 is 15.0 Å². The Morgan fingerprint density at radius 1 is 1.36 bits per heavy atom. The van der Waals surface area contributed by atoms with E-state index in [1.54, 1.807) is 11.2 Å². The number of rotatable bonds is 2. The van der Waals surface area contributed by atoms with Gasteiger partial charge >= 0.3 is 6.09 Å². The minimum Gasteiger partial charge on any atom is -0.444 e. The number of amides is 1. The SMILES string of the molecule is CC(C)(C)OC(=O)N1CC[C@@H](N[C@H]2CCCn3ncnc32)C1. The van der Waals surface area contributed by atoms with Crippen molar-refractivity contribution in [1.82, 2.24) is 25.0 Å². The zero-order valence-electron chi connectivity index (χ0n) is 13.6. The highest BCUT2D eigenvalue weighted by molar-refractivity contribution is 5.68. The van der Waals surface area contributed by atoms with Crippen LogP contribution in [-0.2, 0) is 11.3 Å². The zero-order chi connectivity index (χ0) is 15.7. The van der Waals surface area contributed by atoms with E-state index in [-0.39, 0.29) is 12.1 Å². The van der Waals surface area contributed by atoms with Crippen molar-refractivity contribution >= 4 is 6.09 Å². The molecule has 2 aliphatic heterocycles. The lowest BCUT2D eigenvalue weighted by atomic mass is 10.1. The molecule has 7 heteroatoms. The molecule has 22 heavy (non-hydrogen) atoms. The molecule has 0 unspecified atom stereocenters. The van der Waals surface area contributed by atoms with E-state index in [1.807, 2.05) is 25.5 Å². The van der Waals surface area contributed by atoms with E-state index in [0.717, 1.165) is 38.2 Å². The summed E-state index contributed by atoms with van der Waals surface area (Å²) in [7, 11) is 0. The van der Waals surface area contributed by atoms with Crippen LogP contribution in [0.5, 0.6) is 0 Å². The Bertz CT molecular complexity index is 536. The maximum atomic E-state index is 12.1. The fourth-order valence-corrected chi connectivity index (χ4v) is 3.12. The molecule has 2 atom stereocenters. The van der Waals surface area contributed by atoms with Gasteiger partial charge in [-0.1, -0.05) is 0 Å². The van der Waals surface area contributed by atoms with E-state index in [2.05, 4.69) is 15.4 Å². The lowest BCUT2D eigenvalue weighted by molar-refractivity contribution is 0.0290. The van der Waals surface area contributed by atoms with E-state index >= 15 is 0 Å². The molecule has 3 heterocycles. The van der Waals surface area contributed by atoms with E-state index < -0.39 is 5.60 Å². The summed E-state index contributed by atoms with van der Waals surface area (Å²) in [6, 6.07) is 0.528. The first-order chi connectivity index (χ1) is 10.4. The quantitative estimate of drug-likeness (QED) is 0.900. The number of nitrogens with one attached hydrogen (secondary N) is 1. The highest BCUT2D eigenvalue weighted by Gasteiger charge is 2.32. The largest absolute Gasteiger partial charge is 0.444 e. The van der Waals surface area contributed by atoms with Crippen molar-refractivity contribution in [1.29, 1.82) is 0 Å².